The fraction of sp³-hybridized carbons (Fsp3) is 0.125. The lowest BCUT2D eigenvalue weighted by Gasteiger charge is -2.04. The lowest BCUT2D eigenvalue weighted by Crippen LogP contribution is -2.13. The highest BCUT2D eigenvalue weighted by Crippen LogP contribution is 2.11. The molecule has 0 bridgehead atoms. The number of hydrogen-bond donors (Lipinski definition) is 2. The molecule has 21 heavy (non-hydrogen) atoms. The first kappa shape index (κ1) is 13.3. The van der Waals surface area contributed by atoms with Gasteiger partial charge in [0.05, 0.1) is 23.1 Å². The zero-order valence-electron chi connectivity index (χ0n) is 11.2. The monoisotopic (exact) mass is 280 g/mol. The highest BCUT2D eigenvalue weighted by atomic mass is 19.1. The zero-order valence-corrected chi connectivity index (χ0v) is 11.2. The first-order valence-corrected chi connectivity index (χ1v) is 6.59. The Morgan fingerprint density at radius 2 is 2.05 bits per heavy atom. The van der Waals surface area contributed by atoms with Crippen LogP contribution in [0, 0.1) is 17.1 Å². The van der Waals surface area contributed by atoms with Crippen molar-refractivity contribution in [2.24, 2.45) is 0 Å². The van der Waals surface area contributed by atoms with Gasteiger partial charge in [0.1, 0.15) is 17.7 Å². The van der Waals surface area contributed by atoms with Crippen LogP contribution in [0.1, 0.15) is 17.0 Å². The number of aromatic nitrogens is 2. The van der Waals surface area contributed by atoms with E-state index in [9.17, 15) is 4.39 Å². The molecule has 104 valence electrons. The Hall–Kier alpha value is -2.71. The highest BCUT2D eigenvalue weighted by Gasteiger charge is 2.04. The first-order valence-electron chi connectivity index (χ1n) is 6.59. The molecule has 0 atom stereocenters. The summed E-state index contributed by atoms with van der Waals surface area (Å²) < 4.78 is 13.2. The fourth-order valence-electron chi connectivity index (χ4n) is 2.18. The summed E-state index contributed by atoms with van der Waals surface area (Å²) in [7, 11) is 0. The van der Waals surface area contributed by atoms with Crippen molar-refractivity contribution < 1.29 is 4.39 Å². The standard InChI is InChI=1S/C16H13FN4/c17-13-6-5-11(7-12(13)8-18)9-19-10-16-20-14-3-1-2-4-15(14)21-16/h1-7,19H,9-10H2,(H,20,21). The van der Waals surface area contributed by atoms with Gasteiger partial charge in [-0.1, -0.05) is 18.2 Å². The number of hydrogen-bond acceptors (Lipinski definition) is 3. The van der Waals surface area contributed by atoms with E-state index in [0.29, 0.717) is 13.1 Å². The van der Waals surface area contributed by atoms with Crippen LogP contribution in [0.5, 0.6) is 0 Å². The number of imidazole rings is 1. The second-order valence-corrected chi connectivity index (χ2v) is 4.73. The number of para-hydroxylation sites is 2. The third-order valence-electron chi connectivity index (χ3n) is 3.21. The van der Waals surface area contributed by atoms with Gasteiger partial charge in [-0.3, -0.25) is 0 Å². The molecule has 0 aliphatic heterocycles. The van der Waals surface area contributed by atoms with Crippen molar-refractivity contribution in [3.05, 3.63) is 65.2 Å². The minimum Gasteiger partial charge on any atom is -0.341 e. The van der Waals surface area contributed by atoms with Crippen LogP contribution >= 0.6 is 0 Å². The average molecular weight is 280 g/mol. The zero-order chi connectivity index (χ0) is 14.7. The molecule has 5 heteroatoms. The molecule has 0 amide bonds. The van der Waals surface area contributed by atoms with Gasteiger partial charge >= 0.3 is 0 Å². The van der Waals surface area contributed by atoms with E-state index in [4.69, 9.17) is 5.26 Å². The molecule has 0 radical (unpaired) electrons. The topological polar surface area (TPSA) is 64.5 Å². The predicted octanol–water partition coefficient (Wildman–Crippen LogP) is 2.86. The Kier molecular flexibility index (Phi) is 3.63. The molecule has 0 fully saturated rings. The van der Waals surface area contributed by atoms with Crippen molar-refractivity contribution in [1.82, 2.24) is 15.3 Å². The van der Waals surface area contributed by atoms with E-state index in [1.807, 2.05) is 30.3 Å². The fourth-order valence-corrected chi connectivity index (χ4v) is 2.18. The third kappa shape index (κ3) is 2.91. The molecule has 2 N–H and O–H groups in total. The summed E-state index contributed by atoms with van der Waals surface area (Å²) in [6, 6.07) is 14.2. The number of nitrogens with one attached hydrogen (secondary N) is 2. The Morgan fingerprint density at radius 3 is 2.86 bits per heavy atom. The quantitative estimate of drug-likeness (QED) is 0.772. The van der Waals surface area contributed by atoms with Crippen molar-refractivity contribution in [3.63, 3.8) is 0 Å². The summed E-state index contributed by atoms with van der Waals surface area (Å²) in [5.74, 6) is 0.359. The van der Waals surface area contributed by atoms with Gasteiger partial charge in [-0.2, -0.15) is 5.26 Å². The smallest absolute Gasteiger partial charge is 0.140 e. The van der Waals surface area contributed by atoms with Crippen LogP contribution in [0.25, 0.3) is 11.0 Å². The number of benzene rings is 2. The maximum atomic E-state index is 13.2. The van der Waals surface area contributed by atoms with Gasteiger partial charge in [-0.05, 0) is 29.8 Å². The van der Waals surface area contributed by atoms with Crippen LogP contribution in [-0.2, 0) is 13.1 Å². The summed E-state index contributed by atoms with van der Waals surface area (Å²) >= 11 is 0. The van der Waals surface area contributed by atoms with Gasteiger partial charge in [0.25, 0.3) is 0 Å². The molecule has 1 aromatic heterocycles. The van der Waals surface area contributed by atoms with Gasteiger partial charge in [-0.15, -0.1) is 0 Å². The lowest BCUT2D eigenvalue weighted by atomic mass is 10.1. The van der Waals surface area contributed by atoms with Crippen molar-refractivity contribution in [3.8, 4) is 6.07 Å². The summed E-state index contributed by atoms with van der Waals surface area (Å²) in [6.07, 6.45) is 0. The van der Waals surface area contributed by atoms with Gasteiger partial charge in [0.15, 0.2) is 0 Å². The van der Waals surface area contributed by atoms with E-state index in [-0.39, 0.29) is 5.56 Å². The Labute approximate surface area is 121 Å². The lowest BCUT2D eigenvalue weighted by molar-refractivity contribution is 0.620. The van der Waals surface area contributed by atoms with E-state index in [0.717, 1.165) is 22.4 Å². The number of H-pyrrole nitrogens is 1. The largest absolute Gasteiger partial charge is 0.341 e. The van der Waals surface area contributed by atoms with Gasteiger partial charge < -0.3 is 10.3 Å². The molecule has 0 aliphatic carbocycles. The van der Waals surface area contributed by atoms with Crippen molar-refractivity contribution >= 4 is 11.0 Å². The molecular formula is C16H13FN4. The maximum absolute atomic E-state index is 13.2. The van der Waals surface area contributed by atoms with E-state index < -0.39 is 5.82 Å². The van der Waals surface area contributed by atoms with Crippen LogP contribution in [0.3, 0.4) is 0 Å². The highest BCUT2D eigenvalue weighted by molar-refractivity contribution is 5.74. The molecular weight excluding hydrogens is 267 g/mol. The summed E-state index contributed by atoms with van der Waals surface area (Å²) in [5, 5.41) is 12.0. The second kappa shape index (κ2) is 5.73. The number of nitrogens with zero attached hydrogens (tertiary/aromatic N) is 2. The predicted molar refractivity (Wildman–Crippen MR) is 77.8 cm³/mol. The second-order valence-electron chi connectivity index (χ2n) is 4.73. The van der Waals surface area contributed by atoms with Crippen LogP contribution in [-0.4, -0.2) is 9.97 Å². The Bertz CT molecular complexity index is 784. The molecule has 0 unspecified atom stereocenters. The van der Waals surface area contributed by atoms with Crippen molar-refractivity contribution in [2.75, 3.05) is 0 Å². The van der Waals surface area contributed by atoms with E-state index >= 15 is 0 Å². The number of nitriles is 1. The van der Waals surface area contributed by atoms with Crippen molar-refractivity contribution in [2.45, 2.75) is 13.1 Å². The van der Waals surface area contributed by atoms with E-state index in [1.165, 1.54) is 6.07 Å². The minimum absolute atomic E-state index is 0.0676. The molecule has 0 saturated carbocycles. The third-order valence-corrected chi connectivity index (χ3v) is 3.21. The van der Waals surface area contributed by atoms with E-state index in [1.54, 1.807) is 12.1 Å². The van der Waals surface area contributed by atoms with Crippen LogP contribution in [0.15, 0.2) is 42.5 Å². The van der Waals surface area contributed by atoms with Gasteiger partial charge in [0, 0.05) is 6.54 Å². The molecule has 0 spiro atoms. The first-order chi connectivity index (χ1) is 10.3. The van der Waals surface area contributed by atoms with Crippen LogP contribution in [0.4, 0.5) is 4.39 Å². The summed E-state index contributed by atoms with van der Waals surface area (Å²) in [6.45, 7) is 1.12. The molecule has 3 rings (SSSR count). The van der Waals surface area contributed by atoms with Gasteiger partial charge in [-0.25, -0.2) is 9.37 Å². The Morgan fingerprint density at radius 1 is 1.19 bits per heavy atom. The van der Waals surface area contributed by atoms with Crippen molar-refractivity contribution in [1.29, 1.82) is 5.26 Å². The number of fused-ring (bicyclic) bond motifs is 1. The molecule has 2 aromatic carbocycles. The summed E-state index contributed by atoms with van der Waals surface area (Å²) in [4.78, 5) is 7.69. The molecule has 1 heterocycles. The molecule has 4 nitrogen and oxygen atoms in total. The van der Waals surface area contributed by atoms with Crippen LogP contribution in [0.2, 0.25) is 0 Å². The number of rotatable bonds is 4. The van der Waals surface area contributed by atoms with E-state index in [2.05, 4.69) is 15.3 Å². The maximum Gasteiger partial charge on any atom is 0.140 e. The molecule has 0 saturated heterocycles. The average Bonchev–Trinajstić information content (AvgIpc) is 2.91. The SMILES string of the molecule is N#Cc1cc(CNCc2nc3ccccc3[nH]2)ccc1F. The Balaban J connectivity index is 1.64. The minimum atomic E-state index is -0.487. The summed E-state index contributed by atoms with van der Waals surface area (Å²) in [5.41, 5.74) is 2.87. The number of aromatic amines is 1. The number of halogens is 1. The normalized spacial score (nSPS) is 10.7. The van der Waals surface area contributed by atoms with Crippen LogP contribution < -0.4 is 5.32 Å². The molecule has 3 aromatic rings. The molecule has 0 aliphatic rings. The van der Waals surface area contributed by atoms with Gasteiger partial charge in [0.2, 0.25) is 0 Å².